The largest absolute Gasteiger partial charge is 0.399 e. The van der Waals surface area contributed by atoms with Gasteiger partial charge in [0.2, 0.25) is 5.91 Å². The molecule has 1 aliphatic heterocycles. The Bertz CT molecular complexity index is 636. The number of likely N-dealkylation sites (tertiary alicyclic amines) is 1. The number of nitrogens with zero attached hydrogens (tertiary/aromatic N) is 1. The molecule has 0 saturated carbocycles. The maximum atomic E-state index is 12.6. The fourth-order valence-corrected chi connectivity index (χ4v) is 3.35. The average molecular weight is 308 g/mol. The van der Waals surface area contributed by atoms with Crippen molar-refractivity contribution in [3.63, 3.8) is 0 Å². The second-order valence-electron chi connectivity index (χ2n) is 6.33. The van der Waals surface area contributed by atoms with E-state index < -0.39 is 0 Å². The molecule has 23 heavy (non-hydrogen) atoms. The summed E-state index contributed by atoms with van der Waals surface area (Å²) in [5, 5.41) is 0. The van der Waals surface area contributed by atoms with Crippen LogP contribution in [0.2, 0.25) is 0 Å². The Morgan fingerprint density at radius 2 is 1.78 bits per heavy atom. The van der Waals surface area contributed by atoms with Gasteiger partial charge < -0.3 is 10.6 Å². The van der Waals surface area contributed by atoms with Crippen LogP contribution in [-0.4, -0.2) is 23.4 Å². The van der Waals surface area contributed by atoms with E-state index in [9.17, 15) is 4.79 Å². The summed E-state index contributed by atoms with van der Waals surface area (Å²) in [6.45, 7) is 0.896. The van der Waals surface area contributed by atoms with Gasteiger partial charge in [0.15, 0.2) is 0 Å². The van der Waals surface area contributed by atoms with Gasteiger partial charge in [0, 0.05) is 18.3 Å². The molecule has 1 atom stereocenters. The van der Waals surface area contributed by atoms with E-state index in [0.29, 0.717) is 12.5 Å². The number of anilines is 1. The molecule has 1 saturated heterocycles. The van der Waals surface area contributed by atoms with E-state index in [1.165, 1.54) is 5.56 Å². The van der Waals surface area contributed by atoms with Crippen LogP contribution in [0.3, 0.4) is 0 Å². The third-order valence-electron chi connectivity index (χ3n) is 4.64. The number of nitrogens with two attached hydrogens (primary N) is 1. The van der Waals surface area contributed by atoms with E-state index in [2.05, 4.69) is 29.2 Å². The van der Waals surface area contributed by atoms with Gasteiger partial charge in [-0.25, -0.2) is 0 Å². The lowest BCUT2D eigenvalue weighted by atomic mass is 10.0. The second kappa shape index (κ2) is 7.32. The Balaban J connectivity index is 1.57. The van der Waals surface area contributed by atoms with Gasteiger partial charge in [-0.2, -0.15) is 0 Å². The predicted octanol–water partition coefficient (Wildman–Crippen LogP) is 3.44. The Morgan fingerprint density at radius 1 is 1.04 bits per heavy atom. The molecule has 1 fully saturated rings. The summed E-state index contributed by atoms with van der Waals surface area (Å²) in [6.07, 6.45) is 4.81. The van der Waals surface area contributed by atoms with Crippen LogP contribution in [0.25, 0.3) is 0 Å². The topological polar surface area (TPSA) is 46.3 Å². The van der Waals surface area contributed by atoms with Gasteiger partial charge in [0.25, 0.3) is 0 Å². The van der Waals surface area contributed by atoms with Crippen LogP contribution < -0.4 is 5.73 Å². The summed E-state index contributed by atoms with van der Waals surface area (Å²) in [5.41, 5.74) is 8.83. The van der Waals surface area contributed by atoms with Crippen molar-refractivity contribution in [2.45, 2.75) is 38.1 Å². The molecular weight excluding hydrogens is 284 g/mol. The van der Waals surface area contributed by atoms with Crippen molar-refractivity contribution in [3.05, 3.63) is 65.7 Å². The summed E-state index contributed by atoms with van der Waals surface area (Å²) >= 11 is 0. The molecule has 3 nitrogen and oxygen atoms in total. The minimum atomic E-state index is 0.241. The van der Waals surface area contributed by atoms with Gasteiger partial charge in [0.05, 0.1) is 6.42 Å². The molecule has 0 spiro atoms. The summed E-state index contributed by atoms with van der Waals surface area (Å²) in [4.78, 5) is 14.7. The molecule has 2 aromatic rings. The lowest BCUT2D eigenvalue weighted by Crippen LogP contribution is -2.36. The zero-order chi connectivity index (χ0) is 16.1. The third kappa shape index (κ3) is 4.13. The van der Waals surface area contributed by atoms with Crippen molar-refractivity contribution < 1.29 is 4.79 Å². The number of hydrogen-bond acceptors (Lipinski definition) is 2. The first kappa shape index (κ1) is 15.6. The molecular formula is C20H24N2O. The highest BCUT2D eigenvalue weighted by Crippen LogP contribution is 2.23. The van der Waals surface area contributed by atoms with E-state index in [-0.39, 0.29) is 5.91 Å². The van der Waals surface area contributed by atoms with Crippen molar-refractivity contribution in [1.29, 1.82) is 0 Å². The van der Waals surface area contributed by atoms with E-state index >= 15 is 0 Å². The number of aryl methyl sites for hydroxylation is 1. The third-order valence-corrected chi connectivity index (χ3v) is 4.64. The molecule has 0 unspecified atom stereocenters. The first-order valence-electron chi connectivity index (χ1n) is 8.40. The van der Waals surface area contributed by atoms with Crippen LogP contribution in [0.1, 0.15) is 30.4 Å². The van der Waals surface area contributed by atoms with Crippen molar-refractivity contribution in [3.8, 4) is 0 Å². The number of benzene rings is 2. The maximum absolute atomic E-state index is 12.6. The van der Waals surface area contributed by atoms with E-state index in [4.69, 9.17) is 5.73 Å². The molecule has 0 bridgehead atoms. The summed E-state index contributed by atoms with van der Waals surface area (Å²) < 4.78 is 0. The van der Waals surface area contributed by atoms with Crippen LogP contribution in [0.15, 0.2) is 54.6 Å². The Hall–Kier alpha value is -2.29. The summed E-state index contributed by atoms with van der Waals surface area (Å²) in [6, 6.07) is 18.5. The lowest BCUT2D eigenvalue weighted by molar-refractivity contribution is -0.131. The monoisotopic (exact) mass is 308 g/mol. The van der Waals surface area contributed by atoms with Crippen LogP contribution in [0, 0.1) is 0 Å². The summed E-state index contributed by atoms with van der Waals surface area (Å²) in [7, 11) is 0. The number of carbonyl (C=O) groups is 1. The van der Waals surface area contributed by atoms with Gasteiger partial charge in [-0.15, -0.1) is 0 Å². The standard InChI is InChI=1S/C20H24N2O/c21-18-11-8-17(9-12-18)15-20(23)22-14-4-7-19(22)13-10-16-5-2-1-3-6-16/h1-3,5-6,8-9,11-12,19H,4,7,10,13-15,21H2/t19-/m1/s1. The SMILES string of the molecule is Nc1ccc(CC(=O)N2CCC[C@@H]2CCc2ccccc2)cc1. The molecule has 0 aromatic heterocycles. The van der Waals surface area contributed by atoms with Gasteiger partial charge in [-0.1, -0.05) is 42.5 Å². The van der Waals surface area contributed by atoms with Crippen molar-refractivity contribution >= 4 is 11.6 Å². The number of carbonyl (C=O) groups excluding carboxylic acids is 1. The number of nitrogen functional groups attached to an aromatic ring is 1. The highest BCUT2D eigenvalue weighted by molar-refractivity contribution is 5.79. The number of hydrogen-bond donors (Lipinski definition) is 1. The molecule has 3 rings (SSSR count). The minimum absolute atomic E-state index is 0.241. The smallest absolute Gasteiger partial charge is 0.227 e. The van der Waals surface area contributed by atoms with E-state index in [1.807, 2.05) is 30.3 Å². The molecule has 3 heteroatoms. The molecule has 2 N–H and O–H groups in total. The molecule has 0 radical (unpaired) electrons. The Kier molecular flexibility index (Phi) is 4.96. The van der Waals surface area contributed by atoms with Crippen molar-refractivity contribution in [1.82, 2.24) is 4.90 Å². The zero-order valence-corrected chi connectivity index (χ0v) is 13.4. The quantitative estimate of drug-likeness (QED) is 0.860. The molecule has 1 amide bonds. The summed E-state index contributed by atoms with van der Waals surface area (Å²) in [5.74, 6) is 0.241. The highest BCUT2D eigenvalue weighted by atomic mass is 16.2. The van der Waals surface area contributed by atoms with Gasteiger partial charge in [-0.3, -0.25) is 4.79 Å². The molecule has 1 heterocycles. The minimum Gasteiger partial charge on any atom is -0.399 e. The Morgan fingerprint density at radius 3 is 2.52 bits per heavy atom. The predicted molar refractivity (Wildman–Crippen MR) is 94.1 cm³/mol. The van der Waals surface area contributed by atoms with Crippen molar-refractivity contribution in [2.24, 2.45) is 0 Å². The van der Waals surface area contributed by atoms with Crippen LogP contribution >= 0.6 is 0 Å². The fourth-order valence-electron chi connectivity index (χ4n) is 3.35. The fraction of sp³-hybridized carbons (Fsp3) is 0.350. The van der Waals surface area contributed by atoms with Crippen molar-refractivity contribution in [2.75, 3.05) is 12.3 Å². The normalized spacial score (nSPS) is 17.4. The lowest BCUT2D eigenvalue weighted by Gasteiger charge is -2.25. The zero-order valence-electron chi connectivity index (χ0n) is 13.4. The molecule has 2 aromatic carbocycles. The molecule has 0 aliphatic carbocycles. The van der Waals surface area contributed by atoms with E-state index in [0.717, 1.165) is 43.5 Å². The van der Waals surface area contributed by atoms with Crippen LogP contribution in [-0.2, 0) is 17.6 Å². The van der Waals surface area contributed by atoms with Crippen LogP contribution in [0.4, 0.5) is 5.69 Å². The van der Waals surface area contributed by atoms with E-state index in [1.54, 1.807) is 0 Å². The highest BCUT2D eigenvalue weighted by Gasteiger charge is 2.28. The first-order chi connectivity index (χ1) is 11.2. The van der Waals surface area contributed by atoms with Gasteiger partial charge in [0.1, 0.15) is 0 Å². The number of amides is 1. The second-order valence-corrected chi connectivity index (χ2v) is 6.33. The van der Waals surface area contributed by atoms with Gasteiger partial charge >= 0.3 is 0 Å². The average Bonchev–Trinajstić information content (AvgIpc) is 3.05. The van der Waals surface area contributed by atoms with Gasteiger partial charge in [-0.05, 0) is 48.9 Å². The first-order valence-corrected chi connectivity index (χ1v) is 8.40. The number of rotatable bonds is 5. The molecule has 1 aliphatic rings. The maximum Gasteiger partial charge on any atom is 0.227 e. The molecule has 120 valence electrons. The Labute approximate surface area is 138 Å². The van der Waals surface area contributed by atoms with Crippen LogP contribution in [0.5, 0.6) is 0 Å².